The second-order valence-corrected chi connectivity index (χ2v) is 8.39. The lowest BCUT2D eigenvalue weighted by Gasteiger charge is -2.09. The Morgan fingerprint density at radius 1 is 1.08 bits per heavy atom. The molecule has 0 saturated carbocycles. The molecule has 0 bridgehead atoms. The SMILES string of the molecule is Cc1ccc(-c2cc(C(F)(F)F)c3c(N)ncnn23)cc1C(=O)Nc1cn(Cc2ccc(F)cc2)cn1. The first-order valence-corrected chi connectivity index (χ1v) is 11.0. The number of anilines is 2. The lowest BCUT2D eigenvalue weighted by atomic mass is 10.0. The molecule has 0 atom stereocenters. The zero-order valence-electron chi connectivity index (χ0n) is 19.3. The highest BCUT2D eigenvalue weighted by Crippen LogP contribution is 2.38. The number of carbonyl (C=O) groups excluding carboxylic acids is 1. The van der Waals surface area contributed by atoms with Crippen molar-refractivity contribution in [2.24, 2.45) is 0 Å². The number of aromatic nitrogens is 5. The maximum atomic E-state index is 13.7. The molecule has 5 rings (SSSR count). The van der Waals surface area contributed by atoms with Crippen LogP contribution in [-0.4, -0.2) is 30.1 Å². The van der Waals surface area contributed by atoms with Crippen molar-refractivity contribution < 1.29 is 22.4 Å². The Hall–Kier alpha value is -4.74. The summed E-state index contributed by atoms with van der Waals surface area (Å²) in [6.07, 6.45) is -0.468. The number of nitrogens with two attached hydrogens (primary N) is 1. The maximum absolute atomic E-state index is 13.7. The summed E-state index contributed by atoms with van der Waals surface area (Å²) in [5.74, 6) is -0.851. The van der Waals surface area contributed by atoms with Crippen LogP contribution < -0.4 is 11.1 Å². The zero-order valence-corrected chi connectivity index (χ0v) is 19.3. The standard InChI is InChI=1S/C25H19F4N7O/c1-14-2-5-16(20-9-19(25(27,28)29)22-23(30)31-12-33-36(20)22)8-18(14)24(37)34-21-11-35(13-32-21)10-15-3-6-17(26)7-4-15/h2-9,11-13H,10H2,1H3,(H,34,37)(H2,30,31,33). The molecule has 0 unspecified atom stereocenters. The van der Waals surface area contributed by atoms with Crippen LogP contribution in [0.4, 0.5) is 29.2 Å². The van der Waals surface area contributed by atoms with Gasteiger partial charge in [0.25, 0.3) is 5.91 Å². The third-order valence-corrected chi connectivity index (χ3v) is 5.82. The van der Waals surface area contributed by atoms with Gasteiger partial charge in [0.15, 0.2) is 11.6 Å². The van der Waals surface area contributed by atoms with Crippen molar-refractivity contribution in [1.29, 1.82) is 0 Å². The van der Waals surface area contributed by atoms with Gasteiger partial charge in [-0.3, -0.25) is 4.79 Å². The molecule has 2 aromatic carbocycles. The Bertz CT molecular complexity index is 1620. The van der Waals surface area contributed by atoms with E-state index >= 15 is 0 Å². The molecule has 3 aromatic heterocycles. The molecule has 12 heteroatoms. The predicted molar refractivity (Wildman–Crippen MR) is 128 cm³/mol. The van der Waals surface area contributed by atoms with Crippen LogP contribution in [0.2, 0.25) is 0 Å². The van der Waals surface area contributed by atoms with E-state index in [1.807, 2.05) is 0 Å². The summed E-state index contributed by atoms with van der Waals surface area (Å²) >= 11 is 0. The number of carbonyl (C=O) groups is 1. The topological polar surface area (TPSA) is 103 Å². The molecule has 188 valence electrons. The van der Waals surface area contributed by atoms with E-state index in [1.165, 1.54) is 24.5 Å². The monoisotopic (exact) mass is 509 g/mol. The van der Waals surface area contributed by atoms with Crippen LogP contribution in [0.5, 0.6) is 0 Å². The van der Waals surface area contributed by atoms with E-state index in [2.05, 4.69) is 20.4 Å². The molecule has 0 aliphatic heterocycles. The number of amides is 1. The van der Waals surface area contributed by atoms with Crippen molar-refractivity contribution in [3.63, 3.8) is 0 Å². The summed E-state index contributed by atoms with van der Waals surface area (Å²) in [5.41, 5.74) is 6.54. The third-order valence-electron chi connectivity index (χ3n) is 5.82. The molecule has 3 N–H and O–H groups in total. The number of fused-ring (bicyclic) bond motifs is 1. The van der Waals surface area contributed by atoms with E-state index in [4.69, 9.17) is 5.73 Å². The quantitative estimate of drug-likeness (QED) is 0.327. The lowest BCUT2D eigenvalue weighted by molar-refractivity contribution is -0.136. The molecule has 0 saturated heterocycles. The van der Waals surface area contributed by atoms with Crippen molar-refractivity contribution in [3.05, 3.63) is 95.5 Å². The van der Waals surface area contributed by atoms with Gasteiger partial charge in [0.1, 0.15) is 17.7 Å². The molecule has 3 heterocycles. The molecule has 0 radical (unpaired) electrons. The first-order valence-electron chi connectivity index (χ1n) is 11.0. The number of hydrogen-bond acceptors (Lipinski definition) is 5. The summed E-state index contributed by atoms with van der Waals surface area (Å²) in [5, 5.41) is 6.66. The first-order chi connectivity index (χ1) is 17.6. The van der Waals surface area contributed by atoms with Crippen LogP contribution in [0, 0.1) is 12.7 Å². The number of hydrogen-bond donors (Lipinski definition) is 2. The minimum atomic E-state index is -4.68. The summed E-state index contributed by atoms with van der Waals surface area (Å²) in [7, 11) is 0. The van der Waals surface area contributed by atoms with Gasteiger partial charge in [-0.05, 0) is 42.3 Å². The predicted octanol–water partition coefficient (Wildman–Crippen LogP) is 4.94. The summed E-state index contributed by atoms with van der Waals surface area (Å²) in [6.45, 7) is 2.13. The Kier molecular flexibility index (Phi) is 5.86. The molecule has 8 nitrogen and oxygen atoms in total. The summed E-state index contributed by atoms with van der Waals surface area (Å²) < 4.78 is 57.0. The number of nitrogen functional groups attached to an aromatic ring is 1. The number of nitrogens with zero attached hydrogens (tertiary/aromatic N) is 5. The average Bonchev–Trinajstić information content (AvgIpc) is 3.46. The number of rotatable bonds is 5. The van der Waals surface area contributed by atoms with Gasteiger partial charge in [-0.2, -0.15) is 18.3 Å². The molecule has 1 amide bonds. The fourth-order valence-corrected chi connectivity index (χ4v) is 4.01. The molecule has 0 aliphatic carbocycles. The molecule has 37 heavy (non-hydrogen) atoms. The van der Waals surface area contributed by atoms with E-state index in [9.17, 15) is 22.4 Å². The molecule has 0 aliphatic rings. The molecular weight excluding hydrogens is 490 g/mol. The summed E-state index contributed by atoms with van der Waals surface area (Å²) in [6, 6.07) is 11.7. The largest absolute Gasteiger partial charge is 0.418 e. The van der Waals surface area contributed by atoms with Crippen molar-refractivity contribution in [2.45, 2.75) is 19.6 Å². The number of aryl methyl sites for hydroxylation is 1. The van der Waals surface area contributed by atoms with Crippen LogP contribution in [0.25, 0.3) is 16.8 Å². The Morgan fingerprint density at radius 2 is 1.84 bits per heavy atom. The number of imidazole rings is 1. The Balaban J connectivity index is 1.44. The molecular formula is C25H19F4N7O. The molecule has 0 spiro atoms. The van der Waals surface area contributed by atoms with Crippen molar-refractivity contribution >= 4 is 23.1 Å². The van der Waals surface area contributed by atoms with Gasteiger partial charge in [0.2, 0.25) is 0 Å². The maximum Gasteiger partial charge on any atom is 0.418 e. The first kappa shape index (κ1) is 24.0. The van der Waals surface area contributed by atoms with E-state index in [0.717, 1.165) is 22.5 Å². The number of halogens is 4. The van der Waals surface area contributed by atoms with Gasteiger partial charge in [0, 0.05) is 23.9 Å². The van der Waals surface area contributed by atoms with Crippen LogP contribution in [0.1, 0.15) is 27.0 Å². The minimum Gasteiger partial charge on any atom is -0.382 e. The van der Waals surface area contributed by atoms with E-state index in [1.54, 1.807) is 42.0 Å². The Morgan fingerprint density at radius 3 is 2.57 bits per heavy atom. The van der Waals surface area contributed by atoms with Crippen molar-refractivity contribution in [2.75, 3.05) is 11.1 Å². The fraction of sp³-hybridized carbons (Fsp3) is 0.120. The van der Waals surface area contributed by atoms with Crippen LogP contribution in [-0.2, 0) is 12.7 Å². The van der Waals surface area contributed by atoms with Crippen LogP contribution in [0.15, 0.2) is 67.4 Å². The van der Waals surface area contributed by atoms with Crippen LogP contribution in [0.3, 0.4) is 0 Å². The number of benzene rings is 2. The van der Waals surface area contributed by atoms with E-state index in [0.29, 0.717) is 17.7 Å². The number of nitrogens with one attached hydrogen (secondary N) is 1. The van der Waals surface area contributed by atoms with Gasteiger partial charge in [-0.15, -0.1) is 0 Å². The highest BCUT2D eigenvalue weighted by molar-refractivity contribution is 6.05. The average molecular weight is 509 g/mol. The van der Waals surface area contributed by atoms with Crippen molar-refractivity contribution in [3.8, 4) is 11.3 Å². The second-order valence-electron chi connectivity index (χ2n) is 8.39. The van der Waals surface area contributed by atoms with Gasteiger partial charge in [-0.25, -0.2) is 18.9 Å². The highest BCUT2D eigenvalue weighted by Gasteiger charge is 2.36. The van der Waals surface area contributed by atoms with Gasteiger partial charge in [0.05, 0.1) is 17.6 Å². The van der Waals surface area contributed by atoms with Crippen molar-refractivity contribution in [1.82, 2.24) is 24.1 Å². The zero-order chi connectivity index (χ0) is 26.3. The molecule has 5 aromatic rings. The molecule has 0 fully saturated rings. The number of alkyl halides is 3. The second kappa shape index (κ2) is 9.04. The summed E-state index contributed by atoms with van der Waals surface area (Å²) in [4.78, 5) is 20.9. The van der Waals surface area contributed by atoms with E-state index < -0.39 is 17.6 Å². The Labute approximate surface area is 207 Å². The fourth-order valence-electron chi connectivity index (χ4n) is 4.01. The van der Waals surface area contributed by atoms with Gasteiger partial charge < -0.3 is 15.6 Å². The van der Waals surface area contributed by atoms with Crippen LogP contribution >= 0.6 is 0 Å². The highest BCUT2D eigenvalue weighted by atomic mass is 19.4. The van der Waals surface area contributed by atoms with Gasteiger partial charge in [-0.1, -0.05) is 24.3 Å². The van der Waals surface area contributed by atoms with E-state index in [-0.39, 0.29) is 34.2 Å². The minimum absolute atomic E-state index is 0.106. The third kappa shape index (κ3) is 4.73. The lowest BCUT2D eigenvalue weighted by Crippen LogP contribution is -2.14. The van der Waals surface area contributed by atoms with Gasteiger partial charge >= 0.3 is 6.18 Å². The smallest absolute Gasteiger partial charge is 0.382 e. The normalized spacial score (nSPS) is 11.7.